The Morgan fingerprint density at radius 1 is 1.64 bits per heavy atom. The van der Waals surface area contributed by atoms with Gasteiger partial charge in [0.25, 0.3) is 0 Å². The quantitative estimate of drug-likeness (QED) is 0.766. The van der Waals surface area contributed by atoms with Gasteiger partial charge in [0.1, 0.15) is 0 Å². The van der Waals surface area contributed by atoms with Gasteiger partial charge in [-0.05, 0) is 13.8 Å². The Bertz CT molecular complexity index is 322. The maximum atomic E-state index is 11.3. The SMILES string of the molecule is CCOC(=O)c1nc(C)c(CCO)s1. The third kappa shape index (κ3) is 2.52. The summed E-state index contributed by atoms with van der Waals surface area (Å²) < 4.78 is 4.82. The summed E-state index contributed by atoms with van der Waals surface area (Å²) in [5.41, 5.74) is 0.798. The molecule has 0 aromatic carbocycles. The van der Waals surface area contributed by atoms with Crippen LogP contribution in [0.4, 0.5) is 0 Å². The predicted octanol–water partition coefficient (Wildman–Crippen LogP) is 1.16. The smallest absolute Gasteiger partial charge is 0.367 e. The predicted molar refractivity (Wildman–Crippen MR) is 53.6 cm³/mol. The van der Waals surface area contributed by atoms with Crippen molar-refractivity contribution in [3.63, 3.8) is 0 Å². The number of esters is 1. The van der Waals surface area contributed by atoms with Gasteiger partial charge in [-0.3, -0.25) is 0 Å². The van der Waals surface area contributed by atoms with Gasteiger partial charge in [-0.25, -0.2) is 9.78 Å². The molecule has 1 heterocycles. The topological polar surface area (TPSA) is 59.4 Å². The van der Waals surface area contributed by atoms with E-state index in [0.717, 1.165) is 10.6 Å². The van der Waals surface area contributed by atoms with Gasteiger partial charge in [-0.15, -0.1) is 11.3 Å². The van der Waals surface area contributed by atoms with Gasteiger partial charge in [0.05, 0.1) is 12.3 Å². The normalized spacial score (nSPS) is 10.2. The fraction of sp³-hybridized carbons (Fsp3) is 0.556. The van der Waals surface area contributed by atoms with E-state index in [0.29, 0.717) is 18.0 Å². The average Bonchev–Trinajstić information content (AvgIpc) is 2.49. The van der Waals surface area contributed by atoms with E-state index in [4.69, 9.17) is 9.84 Å². The third-order valence-electron chi connectivity index (χ3n) is 1.68. The Labute approximate surface area is 86.6 Å². The Morgan fingerprint density at radius 3 is 2.93 bits per heavy atom. The number of rotatable bonds is 4. The summed E-state index contributed by atoms with van der Waals surface area (Å²) in [6.07, 6.45) is 0.545. The summed E-state index contributed by atoms with van der Waals surface area (Å²) in [6, 6.07) is 0. The molecule has 0 saturated carbocycles. The number of thiazole rings is 1. The van der Waals surface area contributed by atoms with Gasteiger partial charge in [-0.1, -0.05) is 0 Å². The summed E-state index contributed by atoms with van der Waals surface area (Å²) in [5.74, 6) is -0.384. The lowest BCUT2D eigenvalue weighted by Crippen LogP contribution is -2.03. The Balaban J connectivity index is 2.79. The number of aliphatic hydroxyl groups excluding tert-OH is 1. The van der Waals surface area contributed by atoms with Crippen molar-refractivity contribution >= 4 is 17.3 Å². The van der Waals surface area contributed by atoms with Crippen LogP contribution in [0.2, 0.25) is 0 Å². The van der Waals surface area contributed by atoms with E-state index in [2.05, 4.69) is 4.98 Å². The van der Waals surface area contributed by atoms with Crippen molar-refractivity contribution in [3.8, 4) is 0 Å². The second kappa shape index (κ2) is 5.07. The van der Waals surface area contributed by atoms with Crippen LogP contribution in [0.15, 0.2) is 0 Å². The van der Waals surface area contributed by atoms with Gasteiger partial charge in [0.15, 0.2) is 0 Å². The van der Waals surface area contributed by atoms with Crippen molar-refractivity contribution in [3.05, 3.63) is 15.6 Å². The molecule has 0 aliphatic rings. The lowest BCUT2D eigenvalue weighted by atomic mass is 10.3. The number of carbonyl (C=O) groups is 1. The number of ether oxygens (including phenoxy) is 1. The van der Waals surface area contributed by atoms with E-state index >= 15 is 0 Å². The molecule has 1 aromatic heterocycles. The maximum Gasteiger partial charge on any atom is 0.367 e. The maximum absolute atomic E-state index is 11.3. The zero-order valence-corrected chi connectivity index (χ0v) is 9.06. The highest BCUT2D eigenvalue weighted by Gasteiger charge is 2.14. The van der Waals surface area contributed by atoms with E-state index in [9.17, 15) is 4.79 Å². The van der Waals surface area contributed by atoms with Crippen LogP contribution in [0.3, 0.4) is 0 Å². The zero-order valence-electron chi connectivity index (χ0n) is 8.24. The Kier molecular flexibility index (Phi) is 4.03. The van der Waals surface area contributed by atoms with Crippen LogP contribution in [-0.2, 0) is 11.2 Å². The fourth-order valence-corrected chi connectivity index (χ4v) is 1.99. The van der Waals surface area contributed by atoms with Crippen LogP contribution in [0, 0.1) is 6.92 Å². The van der Waals surface area contributed by atoms with E-state index in [1.165, 1.54) is 11.3 Å². The highest BCUT2D eigenvalue weighted by molar-refractivity contribution is 7.13. The standard InChI is InChI=1S/C9H13NO3S/c1-3-13-9(12)8-10-6(2)7(14-8)4-5-11/h11H,3-5H2,1-2H3. The molecule has 0 atom stereocenters. The number of nitrogens with zero attached hydrogens (tertiary/aromatic N) is 1. The molecule has 0 fully saturated rings. The van der Waals surface area contributed by atoms with E-state index < -0.39 is 0 Å². The number of aromatic nitrogens is 1. The summed E-state index contributed by atoms with van der Waals surface area (Å²) in [5, 5.41) is 9.13. The zero-order chi connectivity index (χ0) is 10.6. The fourth-order valence-electron chi connectivity index (χ4n) is 1.04. The van der Waals surface area contributed by atoms with Crippen molar-refractivity contribution in [2.75, 3.05) is 13.2 Å². The van der Waals surface area contributed by atoms with Crippen LogP contribution in [-0.4, -0.2) is 29.3 Å². The van der Waals surface area contributed by atoms with Gasteiger partial charge < -0.3 is 9.84 Å². The summed E-state index contributed by atoms with van der Waals surface area (Å²) in [4.78, 5) is 16.3. The Morgan fingerprint density at radius 2 is 2.36 bits per heavy atom. The largest absolute Gasteiger partial charge is 0.461 e. The van der Waals surface area contributed by atoms with Crippen molar-refractivity contribution < 1.29 is 14.6 Å². The molecular formula is C9H13NO3S. The molecule has 14 heavy (non-hydrogen) atoms. The van der Waals surface area contributed by atoms with Crippen LogP contribution in [0.1, 0.15) is 27.3 Å². The molecule has 0 aliphatic carbocycles. The average molecular weight is 215 g/mol. The number of hydrogen-bond acceptors (Lipinski definition) is 5. The first-order valence-corrected chi connectivity index (χ1v) is 5.25. The highest BCUT2D eigenvalue weighted by Crippen LogP contribution is 2.19. The van der Waals surface area contributed by atoms with E-state index in [1.807, 2.05) is 6.92 Å². The van der Waals surface area contributed by atoms with Crippen molar-refractivity contribution in [1.29, 1.82) is 0 Å². The van der Waals surface area contributed by atoms with Crippen LogP contribution < -0.4 is 0 Å². The molecule has 0 unspecified atom stereocenters. The van der Waals surface area contributed by atoms with Gasteiger partial charge in [-0.2, -0.15) is 0 Å². The first-order chi connectivity index (χ1) is 6.69. The van der Waals surface area contributed by atoms with E-state index in [-0.39, 0.29) is 12.6 Å². The monoisotopic (exact) mass is 215 g/mol. The molecule has 0 amide bonds. The second-order valence-corrected chi connectivity index (χ2v) is 3.81. The third-order valence-corrected chi connectivity index (χ3v) is 2.88. The summed E-state index contributed by atoms with van der Waals surface area (Å²) in [6.45, 7) is 4.01. The van der Waals surface area contributed by atoms with Gasteiger partial charge in [0, 0.05) is 17.9 Å². The number of aliphatic hydroxyl groups is 1. The molecular weight excluding hydrogens is 202 g/mol. The minimum absolute atomic E-state index is 0.0747. The number of carbonyl (C=O) groups excluding carboxylic acids is 1. The molecule has 78 valence electrons. The van der Waals surface area contributed by atoms with Gasteiger partial charge in [0.2, 0.25) is 5.01 Å². The molecule has 4 nitrogen and oxygen atoms in total. The van der Waals surface area contributed by atoms with Crippen molar-refractivity contribution in [1.82, 2.24) is 4.98 Å². The lowest BCUT2D eigenvalue weighted by molar-refractivity contribution is 0.0525. The summed E-state index contributed by atoms with van der Waals surface area (Å²) >= 11 is 1.29. The molecule has 1 aromatic rings. The molecule has 5 heteroatoms. The Hall–Kier alpha value is -0.940. The van der Waals surface area contributed by atoms with Crippen molar-refractivity contribution in [2.24, 2.45) is 0 Å². The molecule has 0 spiro atoms. The lowest BCUT2D eigenvalue weighted by Gasteiger charge is -1.95. The van der Waals surface area contributed by atoms with Gasteiger partial charge >= 0.3 is 5.97 Å². The molecule has 1 N–H and O–H groups in total. The minimum atomic E-state index is -0.384. The molecule has 1 rings (SSSR count). The molecule has 0 saturated heterocycles. The number of aryl methyl sites for hydroxylation is 1. The highest BCUT2D eigenvalue weighted by atomic mass is 32.1. The molecule has 0 bridgehead atoms. The van der Waals surface area contributed by atoms with Crippen LogP contribution in [0.5, 0.6) is 0 Å². The van der Waals surface area contributed by atoms with Crippen molar-refractivity contribution in [2.45, 2.75) is 20.3 Å². The van der Waals surface area contributed by atoms with E-state index in [1.54, 1.807) is 6.92 Å². The molecule has 0 aliphatic heterocycles. The molecule has 0 radical (unpaired) electrons. The number of hydrogen-bond donors (Lipinski definition) is 1. The summed E-state index contributed by atoms with van der Waals surface area (Å²) in [7, 11) is 0. The van der Waals surface area contributed by atoms with Crippen LogP contribution in [0.25, 0.3) is 0 Å². The first-order valence-electron chi connectivity index (χ1n) is 4.43. The van der Waals surface area contributed by atoms with Crippen LogP contribution >= 0.6 is 11.3 Å². The first kappa shape index (κ1) is 11.1. The second-order valence-electron chi connectivity index (χ2n) is 2.72. The minimum Gasteiger partial charge on any atom is -0.461 e.